The quantitative estimate of drug-likeness (QED) is 0.666. The third-order valence-corrected chi connectivity index (χ3v) is 5.45. The molecule has 3 rings (SSSR count). The zero-order chi connectivity index (χ0) is 21.2. The lowest BCUT2D eigenvalue weighted by molar-refractivity contribution is 0.0187. The van der Waals surface area contributed by atoms with Crippen LogP contribution in [0.5, 0.6) is 0 Å². The number of anilines is 1. The van der Waals surface area contributed by atoms with E-state index >= 15 is 0 Å². The van der Waals surface area contributed by atoms with Crippen LogP contribution in [0.25, 0.3) is 0 Å². The summed E-state index contributed by atoms with van der Waals surface area (Å²) in [6, 6.07) is 9.68. The van der Waals surface area contributed by atoms with Gasteiger partial charge in [0.1, 0.15) is 11.3 Å². The monoisotopic (exact) mass is 461 g/mol. The minimum Gasteiger partial charge on any atom is -0.444 e. The van der Waals surface area contributed by atoms with E-state index in [4.69, 9.17) is 4.74 Å². The van der Waals surface area contributed by atoms with E-state index in [1.54, 1.807) is 4.90 Å². The molecular weight excluding hydrogens is 434 g/mol. The highest BCUT2D eigenvalue weighted by Gasteiger charge is 2.28. The maximum atomic E-state index is 12.9. The summed E-state index contributed by atoms with van der Waals surface area (Å²) in [5, 5.41) is 3.01. The first-order chi connectivity index (χ1) is 13.6. The number of aromatic nitrogens is 1. The molecule has 156 valence electrons. The fraction of sp³-hybridized carbons (Fsp3) is 0.455. The molecule has 1 saturated heterocycles. The number of rotatable bonds is 3. The van der Waals surface area contributed by atoms with Crippen molar-refractivity contribution in [1.82, 2.24) is 9.47 Å². The van der Waals surface area contributed by atoms with Crippen LogP contribution in [0, 0.1) is 6.92 Å². The Morgan fingerprint density at radius 3 is 2.48 bits per heavy atom. The van der Waals surface area contributed by atoms with Gasteiger partial charge in [0.2, 0.25) is 0 Å². The highest BCUT2D eigenvalue weighted by atomic mass is 79.9. The Kier molecular flexibility index (Phi) is 6.36. The minimum absolute atomic E-state index is 0.130. The van der Waals surface area contributed by atoms with Gasteiger partial charge in [0.05, 0.1) is 0 Å². The molecule has 0 atom stereocenters. The van der Waals surface area contributed by atoms with Gasteiger partial charge in [-0.2, -0.15) is 0 Å². The van der Waals surface area contributed by atoms with Crippen LogP contribution in [0.15, 0.2) is 41.0 Å². The lowest BCUT2D eigenvalue weighted by Gasteiger charge is -2.34. The molecule has 1 aliphatic heterocycles. The van der Waals surface area contributed by atoms with Crippen molar-refractivity contribution in [3.05, 3.63) is 52.3 Å². The molecule has 7 heteroatoms. The number of carbonyl (C=O) groups is 2. The van der Waals surface area contributed by atoms with Crippen molar-refractivity contribution in [1.29, 1.82) is 0 Å². The average molecular weight is 462 g/mol. The Hall–Kier alpha value is -2.28. The Morgan fingerprint density at radius 2 is 1.86 bits per heavy atom. The summed E-state index contributed by atoms with van der Waals surface area (Å²) in [5.41, 5.74) is 1.93. The van der Waals surface area contributed by atoms with Crippen LogP contribution >= 0.6 is 15.9 Å². The first kappa shape index (κ1) is 21.4. The number of halogens is 1. The number of carbonyl (C=O) groups excluding carboxylic acids is 2. The summed E-state index contributed by atoms with van der Waals surface area (Å²) in [7, 11) is 0. The molecule has 0 spiro atoms. The zero-order valence-corrected chi connectivity index (χ0v) is 19.0. The molecule has 2 aromatic rings. The molecule has 1 aromatic heterocycles. The number of nitrogens with one attached hydrogen (secondary N) is 1. The first-order valence-electron chi connectivity index (χ1n) is 9.86. The number of piperidine rings is 1. The van der Waals surface area contributed by atoms with Crippen molar-refractivity contribution >= 4 is 33.6 Å². The maximum Gasteiger partial charge on any atom is 0.410 e. The molecular formula is C22H28BrN3O3. The van der Waals surface area contributed by atoms with Gasteiger partial charge in [-0.05, 0) is 76.4 Å². The first-order valence-corrected chi connectivity index (χ1v) is 10.7. The van der Waals surface area contributed by atoms with Gasteiger partial charge >= 0.3 is 6.09 Å². The van der Waals surface area contributed by atoms with E-state index in [1.807, 2.05) is 68.8 Å². The number of amides is 2. The molecule has 6 nitrogen and oxygen atoms in total. The Balaban J connectivity index is 1.65. The normalized spacial score (nSPS) is 15.3. The number of hydrogen-bond acceptors (Lipinski definition) is 3. The number of aryl methyl sites for hydroxylation is 1. The highest BCUT2D eigenvalue weighted by molar-refractivity contribution is 9.10. The second-order valence-corrected chi connectivity index (χ2v) is 9.33. The van der Waals surface area contributed by atoms with Crippen LogP contribution in [0.3, 0.4) is 0 Å². The lowest BCUT2D eigenvalue weighted by atomic mass is 10.0. The molecule has 1 N–H and O–H groups in total. The fourth-order valence-electron chi connectivity index (χ4n) is 3.51. The highest BCUT2D eigenvalue weighted by Crippen LogP contribution is 2.27. The van der Waals surface area contributed by atoms with Crippen LogP contribution in [0.1, 0.15) is 55.7 Å². The smallest absolute Gasteiger partial charge is 0.410 e. The van der Waals surface area contributed by atoms with Crippen molar-refractivity contribution in [3.63, 3.8) is 0 Å². The topological polar surface area (TPSA) is 63.6 Å². The van der Waals surface area contributed by atoms with E-state index in [9.17, 15) is 9.59 Å². The molecule has 29 heavy (non-hydrogen) atoms. The Bertz CT molecular complexity index is 893. The van der Waals surface area contributed by atoms with Gasteiger partial charge in [0, 0.05) is 35.5 Å². The van der Waals surface area contributed by atoms with Crippen molar-refractivity contribution < 1.29 is 14.3 Å². The molecule has 0 bridgehead atoms. The van der Waals surface area contributed by atoms with Crippen LogP contribution in [0.2, 0.25) is 0 Å². The van der Waals surface area contributed by atoms with E-state index in [1.165, 1.54) is 0 Å². The summed E-state index contributed by atoms with van der Waals surface area (Å²) >= 11 is 3.44. The zero-order valence-electron chi connectivity index (χ0n) is 17.4. The Labute approximate surface area is 180 Å². The molecule has 2 heterocycles. The molecule has 0 aliphatic carbocycles. The molecule has 1 aromatic carbocycles. The molecule has 1 aliphatic rings. The van der Waals surface area contributed by atoms with E-state index < -0.39 is 5.60 Å². The number of hydrogen-bond donors (Lipinski definition) is 1. The summed E-state index contributed by atoms with van der Waals surface area (Å²) < 4.78 is 8.47. The molecule has 1 fully saturated rings. The van der Waals surface area contributed by atoms with Crippen molar-refractivity contribution in [2.75, 3.05) is 18.4 Å². The minimum atomic E-state index is -0.495. The van der Waals surface area contributed by atoms with Crippen molar-refractivity contribution in [2.24, 2.45) is 0 Å². The maximum absolute atomic E-state index is 12.9. The fourth-order valence-corrected chi connectivity index (χ4v) is 3.99. The van der Waals surface area contributed by atoms with Crippen LogP contribution in [-0.2, 0) is 4.74 Å². The Morgan fingerprint density at radius 1 is 1.17 bits per heavy atom. The lowest BCUT2D eigenvalue weighted by Crippen LogP contribution is -2.42. The number of likely N-dealkylation sites (tertiary alicyclic amines) is 1. The summed E-state index contributed by atoms with van der Waals surface area (Å²) in [6.07, 6.45) is 3.24. The van der Waals surface area contributed by atoms with Crippen molar-refractivity contribution in [3.8, 4) is 0 Å². The van der Waals surface area contributed by atoms with Crippen LogP contribution < -0.4 is 5.32 Å². The third kappa shape index (κ3) is 5.41. The average Bonchev–Trinajstić information content (AvgIpc) is 3.12. The van der Waals surface area contributed by atoms with Gasteiger partial charge in [-0.25, -0.2) is 4.79 Å². The summed E-state index contributed by atoms with van der Waals surface area (Å²) in [5.74, 6) is -0.130. The van der Waals surface area contributed by atoms with E-state index in [0.717, 1.165) is 28.6 Å². The second kappa shape index (κ2) is 8.61. The van der Waals surface area contributed by atoms with Crippen molar-refractivity contribution in [2.45, 2.75) is 52.2 Å². The molecule has 0 saturated carbocycles. The van der Waals surface area contributed by atoms with E-state index in [0.29, 0.717) is 18.8 Å². The standard InChI is InChI=1S/C22H28BrN3O3/c1-15-14-16(23)7-8-18(15)24-20(27)19-6-5-11-26(19)17-9-12-25(13-10-17)21(28)29-22(2,3)4/h5-8,11,14,17H,9-10,12-13H2,1-4H3,(H,24,27). The van der Waals surface area contributed by atoms with Gasteiger partial charge in [-0.1, -0.05) is 15.9 Å². The second-order valence-electron chi connectivity index (χ2n) is 8.41. The number of ether oxygens (including phenoxy) is 1. The van der Waals surface area contributed by atoms with Crippen LogP contribution in [0.4, 0.5) is 10.5 Å². The SMILES string of the molecule is Cc1cc(Br)ccc1NC(=O)c1cccn1C1CCN(C(=O)OC(C)(C)C)CC1. The summed E-state index contributed by atoms with van der Waals surface area (Å²) in [4.78, 5) is 26.9. The van der Waals surface area contributed by atoms with E-state index in [-0.39, 0.29) is 18.0 Å². The predicted octanol–water partition coefficient (Wildman–Crippen LogP) is 5.38. The summed E-state index contributed by atoms with van der Waals surface area (Å²) in [6.45, 7) is 8.81. The molecule has 0 radical (unpaired) electrons. The number of benzene rings is 1. The third-order valence-electron chi connectivity index (χ3n) is 4.96. The van der Waals surface area contributed by atoms with Gasteiger partial charge in [0.25, 0.3) is 5.91 Å². The van der Waals surface area contributed by atoms with Gasteiger partial charge in [-0.3, -0.25) is 4.79 Å². The van der Waals surface area contributed by atoms with Gasteiger partial charge < -0.3 is 19.5 Å². The number of nitrogens with zero attached hydrogens (tertiary/aromatic N) is 2. The molecule has 2 amide bonds. The van der Waals surface area contributed by atoms with Gasteiger partial charge in [-0.15, -0.1) is 0 Å². The van der Waals surface area contributed by atoms with Crippen LogP contribution in [-0.4, -0.2) is 40.2 Å². The largest absolute Gasteiger partial charge is 0.444 e. The van der Waals surface area contributed by atoms with E-state index in [2.05, 4.69) is 21.2 Å². The van der Waals surface area contributed by atoms with Gasteiger partial charge in [0.15, 0.2) is 0 Å². The molecule has 0 unspecified atom stereocenters. The predicted molar refractivity (Wildman–Crippen MR) is 117 cm³/mol.